The van der Waals surface area contributed by atoms with Crippen molar-refractivity contribution in [3.8, 4) is 0 Å². The first-order chi connectivity index (χ1) is 21.0. The molecule has 0 spiro atoms. The fourth-order valence-electron chi connectivity index (χ4n) is 4.00. The molecule has 0 unspecified atom stereocenters. The first-order valence-electron chi connectivity index (χ1n) is 17.1. The van der Waals surface area contributed by atoms with Crippen LogP contribution in [0.4, 0.5) is 0 Å². The molecule has 0 saturated carbocycles. The normalized spacial score (nSPS) is 13.3. The summed E-state index contributed by atoms with van der Waals surface area (Å²) in [4.78, 5) is 2.46. The molecule has 0 atom stereocenters. The highest BCUT2D eigenvalue weighted by atomic mass is 16.6. The minimum Gasteiger partial charge on any atom is -0.379 e. The second-order valence-corrected chi connectivity index (χ2v) is 15.6. The Hall–Kier alpha value is -0.400. The van der Waals surface area contributed by atoms with E-state index in [2.05, 4.69) is 86.4 Å². The molecule has 0 saturated heterocycles. The third kappa shape index (κ3) is 33.3. The molecule has 0 radical (unpaired) electrons. The summed E-state index contributed by atoms with van der Waals surface area (Å²) in [6, 6.07) is 0. The van der Waals surface area contributed by atoms with Gasteiger partial charge in [-0.25, -0.2) is 0 Å². The van der Waals surface area contributed by atoms with E-state index in [4.69, 9.17) is 37.9 Å². The zero-order valence-electron chi connectivity index (χ0n) is 31.4. The molecule has 0 aromatic rings. The lowest BCUT2D eigenvalue weighted by Crippen LogP contribution is -2.55. The molecule has 10 heteroatoms. The van der Waals surface area contributed by atoms with Crippen molar-refractivity contribution in [2.24, 2.45) is 10.8 Å². The predicted octanol–water partition coefficient (Wildman–Crippen LogP) is 5.07. The topological polar surface area (TPSA) is 89.1 Å². The monoisotopic (exact) mass is 651 g/mol. The van der Waals surface area contributed by atoms with Gasteiger partial charge in [-0.15, -0.1) is 0 Å². The molecule has 0 aliphatic carbocycles. The average molecular weight is 651 g/mol. The van der Waals surface area contributed by atoms with Crippen LogP contribution in [0, 0.1) is 10.8 Å². The molecule has 0 aliphatic rings. The zero-order valence-corrected chi connectivity index (χ0v) is 31.4. The number of hydrogen-bond donors (Lipinski definition) is 1. The van der Waals surface area contributed by atoms with E-state index in [9.17, 15) is 0 Å². The van der Waals surface area contributed by atoms with Gasteiger partial charge in [0.25, 0.3) is 0 Å². The number of nitrogens with one attached hydrogen (secondary N) is 1. The quantitative estimate of drug-likeness (QED) is 0.106. The van der Waals surface area contributed by atoms with Gasteiger partial charge < -0.3 is 43.2 Å². The molecule has 10 nitrogen and oxygen atoms in total. The van der Waals surface area contributed by atoms with Crippen LogP contribution >= 0.6 is 0 Å². The summed E-state index contributed by atoms with van der Waals surface area (Å²) >= 11 is 0. The highest BCUT2D eigenvalue weighted by molar-refractivity contribution is 4.87. The van der Waals surface area contributed by atoms with E-state index in [0.717, 1.165) is 39.3 Å². The molecule has 0 rings (SSSR count). The van der Waals surface area contributed by atoms with Crippen molar-refractivity contribution in [2.75, 3.05) is 125 Å². The minimum atomic E-state index is -0.0676. The van der Waals surface area contributed by atoms with Crippen molar-refractivity contribution >= 4 is 0 Å². The maximum atomic E-state index is 5.87. The first-order valence-corrected chi connectivity index (χ1v) is 17.1. The molecule has 0 amide bonds. The number of ether oxygens (including phenoxy) is 8. The molecule has 0 aromatic carbocycles. The number of nitrogens with zero attached hydrogens (tertiary/aromatic N) is 1. The van der Waals surface area contributed by atoms with Crippen LogP contribution in [-0.4, -0.2) is 141 Å². The standard InChI is InChI=1S/C35H74N2O8/c1-32(2,3)12-15-38-18-21-41-24-25-43-23-20-40-17-14-37(34(7,8)9)30-35(10,11)36-13-16-39-19-22-42-26-27-44-28-29-45-31-33(4,5)6/h36H,12-31H2,1-11H3. The lowest BCUT2D eigenvalue weighted by Gasteiger charge is -2.41. The number of hydrogen-bond acceptors (Lipinski definition) is 10. The van der Waals surface area contributed by atoms with Crippen LogP contribution in [0.5, 0.6) is 0 Å². The van der Waals surface area contributed by atoms with Gasteiger partial charge in [0.15, 0.2) is 0 Å². The molecular weight excluding hydrogens is 576 g/mol. The second kappa shape index (κ2) is 25.6. The SMILES string of the molecule is CC(C)(C)CCOCCOCCOCCOCCN(CC(C)(C)NCCOCCOCCOCCOCC(C)(C)C)C(C)(C)C. The van der Waals surface area contributed by atoms with Crippen LogP contribution in [0.25, 0.3) is 0 Å². The Labute approximate surface area is 277 Å². The fourth-order valence-corrected chi connectivity index (χ4v) is 4.00. The van der Waals surface area contributed by atoms with Gasteiger partial charge in [-0.3, -0.25) is 4.90 Å². The summed E-state index contributed by atoms with van der Waals surface area (Å²) < 4.78 is 45.2. The van der Waals surface area contributed by atoms with Crippen molar-refractivity contribution in [3.05, 3.63) is 0 Å². The molecule has 0 fully saturated rings. The molecule has 0 aliphatic heterocycles. The Kier molecular flexibility index (Phi) is 25.4. The van der Waals surface area contributed by atoms with Crippen molar-refractivity contribution < 1.29 is 37.9 Å². The smallest absolute Gasteiger partial charge is 0.0701 e. The van der Waals surface area contributed by atoms with Crippen molar-refractivity contribution in [3.63, 3.8) is 0 Å². The van der Waals surface area contributed by atoms with Crippen LogP contribution < -0.4 is 5.32 Å². The van der Waals surface area contributed by atoms with E-state index in [-0.39, 0.29) is 16.5 Å². The summed E-state index contributed by atoms with van der Waals surface area (Å²) in [5.74, 6) is 0. The van der Waals surface area contributed by atoms with Crippen molar-refractivity contribution in [1.82, 2.24) is 10.2 Å². The van der Waals surface area contributed by atoms with Gasteiger partial charge in [0, 0.05) is 37.3 Å². The summed E-state index contributed by atoms with van der Waals surface area (Å²) in [6.07, 6.45) is 1.05. The molecule has 272 valence electrons. The largest absolute Gasteiger partial charge is 0.379 e. The Morgan fingerprint density at radius 2 is 0.800 bits per heavy atom. The first kappa shape index (κ1) is 44.6. The maximum Gasteiger partial charge on any atom is 0.0701 e. The summed E-state index contributed by atoms with van der Waals surface area (Å²) in [7, 11) is 0. The van der Waals surface area contributed by atoms with Crippen molar-refractivity contribution in [1.29, 1.82) is 0 Å². The van der Waals surface area contributed by atoms with Gasteiger partial charge in [0.2, 0.25) is 0 Å². The Morgan fingerprint density at radius 1 is 0.422 bits per heavy atom. The molecule has 0 aromatic heterocycles. The van der Waals surface area contributed by atoms with Gasteiger partial charge in [-0.2, -0.15) is 0 Å². The third-order valence-electron chi connectivity index (χ3n) is 6.65. The zero-order chi connectivity index (χ0) is 34.1. The molecular formula is C35H74N2O8. The van der Waals surface area contributed by atoms with E-state index < -0.39 is 0 Å². The Balaban J connectivity index is 3.80. The van der Waals surface area contributed by atoms with E-state index in [1.807, 2.05) is 0 Å². The minimum absolute atomic E-state index is 0.0314. The summed E-state index contributed by atoms with van der Waals surface area (Å²) in [5.41, 5.74) is 0.458. The van der Waals surface area contributed by atoms with Crippen LogP contribution in [0.15, 0.2) is 0 Å². The predicted molar refractivity (Wildman–Crippen MR) is 183 cm³/mol. The molecule has 1 N–H and O–H groups in total. The maximum absolute atomic E-state index is 5.87. The Bertz CT molecular complexity index is 660. The van der Waals surface area contributed by atoms with Crippen LogP contribution in [-0.2, 0) is 37.9 Å². The van der Waals surface area contributed by atoms with Gasteiger partial charge in [0.05, 0.1) is 99.1 Å². The second-order valence-electron chi connectivity index (χ2n) is 15.6. The average Bonchev–Trinajstić information content (AvgIpc) is 2.90. The number of rotatable bonds is 30. The lowest BCUT2D eigenvalue weighted by molar-refractivity contribution is -0.0120. The molecule has 45 heavy (non-hydrogen) atoms. The Morgan fingerprint density at radius 3 is 1.20 bits per heavy atom. The van der Waals surface area contributed by atoms with Gasteiger partial charge in [-0.1, -0.05) is 41.5 Å². The van der Waals surface area contributed by atoms with Gasteiger partial charge >= 0.3 is 0 Å². The van der Waals surface area contributed by atoms with Crippen LogP contribution in [0.3, 0.4) is 0 Å². The van der Waals surface area contributed by atoms with E-state index in [1.54, 1.807) is 0 Å². The van der Waals surface area contributed by atoms with E-state index >= 15 is 0 Å². The van der Waals surface area contributed by atoms with Gasteiger partial charge in [-0.05, 0) is 51.9 Å². The van der Waals surface area contributed by atoms with Gasteiger partial charge in [0.1, 0.15) is 0 Å². The summed E-state index contributed by atoms with van der Waals surface area (Å²) in [5, 5.41) is 3.64. The highest BCUT2D eigenvalue weighted by Crippen LogP contribution is 2.18. The highest BCUT2D eigenvalue weighted by Gasteiger charge is 2.28. The summed E-state index contributed by atoms with van der Waals surface area (Å²) in [6.45, 7) is 36.7. The van der Waals surface area contributed by atoms with Crippen LogP contribution in [0.2, 0.25) is 0 Å². The van der Waals surface area contributed by atoms with Crippen molar-refractivity contribution in [2.45, 2.75) is 93.7 Å². The molecule has 0 bridgehead atoms. The molecule has 0 heterocycles. The van der Waals surface area contributed by atoms with E-state index in [1.165, 1.54) is 0 Å². The third-order valence-corrected chi connectivity index (χ3v) is 6.65. The van der Waals surface area contributed by atoms with Crippen LogP contribution in [0.1, 0.15) is 82.6 Å². The van der Waals surface area contributed by atoms with E-state index in [0.29, 0.717) is 97.9 Å². The fraction of sp³-hybridized carbons (Fsp3) is 1.00. The lowest BCUT2D eigenvalue weighted by atomic mass is 9.93.